The van der Waals surface area contributed by atoms with Gasteiger partial charge in [-0.25, -0.2) is 10.8 Å². The topological polar surface area (TPSA) is 91.5 Å². The van der Waals surface area contributed by atoms with Crippen molar-refractivity contribution in [3.05, 3.63) is 23.9 Å². The Hall–Kier alpha value is -1.66. The van der Waals surface area contributed by atoms with Crippen molar-refractivity contribution in [3.8, 4) is 0 Å². The highest BCUT2D eigenvalue weighted by Gasteiger charge is 2.23. The van der Waals surface area contributed by atoms with Crippen LogP contribution in [0, 0.1) is 5.92 Å². The van der Waals surface area contributed by atoms with Gasteiger partial charge in [0, 0.05) is 31.5 Å². The smallest absolute Gasteiger partial charge is 0.254 e. The predicted molar refractivity (Wildman–Crippen MR) is 67.8 cm³/mol. The van der Waals surface area contributed by atoms with Gasteiger partial charge in [-0.05, 0) is 30.9 Å². The first-order chi connectivity index (χ1) is 8.74. The molecular weight excluding hydrogens is 232 g/mol. The van der Waals surface area contributed by atoms with Gasteiger partial charge in [0.15, 0.2) is 0 Å². The van der Waals surface area contributed by atoms with Crippen LogP contribution in [0.4, 0.5) is 5.82 Å². The Bertz CT molecular complexity index is 416. The first kappa shape index (κ1) is 12.8. The van der Waals surface area contributed by atoms with Gasteiger partial charge in [0.2, 0.25) is 0 Å². The fourth-order valence-electron chi connectivity index (χ4n) is 2.14. The maximum atomic E-state index is 12.2. The average molecular weight is 250 g/mol. The van der Waals surface area contributed by atoms with Crippen molar-refractivity contribution in [1.29, 1.82) is 0 Å². The van der Waals surface area contributed by atoms with Gasteiger partial charge in [-0.1, -0.05) is 0 Å². The lowest BCUT2D eigenvalue weighted by atomic mass is 9.97. The van der Waals surface area contributed by atoms with Crippen LogP contribution >= 0.6 is 0 Å². The summed E-state index contributed by atoms with van der Waals surface area (Å²) in [6.45, 7) is 1.59. The minimum Gasteiger partial charge on any atom is -0.396 e. The van der Waals surface area contributed by atoms with Gasteiger partial charge in [0.25, 0.3) is 5.91 Å². The fraction of sp³-hybridized carbons (Fsp3) is 0.500. The molecule has 2 heterocycles. The molecule has 0 aliphatic carbocycles. The van der Waals surface area contributed by atoms with E-state index in [-0.39, 0.29) is 12.5 Å². The molecule has 1 fully saturated rings. The highest BCUT2D eigenvalue weighted by molar-refractivity contribution is 5.94. The highest BCUT2D eigenvalue weighted by atomic mass is 16.3. The van der Waals surface area contributed by atoms with Crippen LogP contribution < -0.4 is 11.3 Å². The Labute approximate surface area is 106 Å². The van der Waals surface area contributed by atoms with E-state index in [9.17, 15) is 4.79 Å². The van der Waals surface area contributed by atoms with Crippen molar-refractivity contribution >= 4 is 11.7 Å². The third kappa shape index (κ3) is 2.77. The van der Waals surface area contributed by atoms with E-state index < -0.39 is 0 Å². The molecule has 0 radical (unpaired) electrons. The lowest BCUT2D eigenvalue weighted by Crippen LogP contribution is -2.39. The van der Waals surface area contributed by atoms with Crippen molar-refractivity contribution < 1.29 is 9.90 Å². The van der Waals surface area contributed by atoms with Gasteiger partial charge in [-0.3, -0.25) is 4.79 Å². The number of nitrogen functional groups attached to an aromatic ring is 1. The number of aromatic nitrogens is 1. The monoisotopic (exact) mass is 250 g/mol. The van der Waals surface area contributed by atoms with Gasteiger partial charge in [-0.15, -0.1) is 0 Å². The van der Waals surface area contributed by atoms with Crippen LogP contribution in [0.25, 0.3) is 0 Å². The zero-order chi connectivity index (χ0) is 13.0. The summed E-state index contributed by atoms with van der Waals surface area (Å²) in [6, 6.07) is 3.32. The normalized spacial score (nSPS) is 16.7. The highest BCUT2D eigenvalue weighted by Crippen LogP contribution is 2.18. The van der Waals surface area contributed by atoms with Crippen LogP contribution in [-0.2, 0) is 0 Å². The lowest BCUT2D eigenvalue weighted by Gasteiger charge is -2.31. The molecule has 1 aliphatic heterocycles. The molecule has 6 nitrogen and oxygen atoms in total. The van der Waals surface area contributed by atoms with Crippen molar-refractivity contribution in [1.82, 2.24) is 9.88 Å². The van der Waals surface area contributed by atoms with Crippen molar-refractivity contribution in [3.63, 3.8) is 0 Å². The first-order valence-corrected chi connectivity index (χ1v) is 6.07. The predicted octanol–water partition coefficient (Wildman–Crippen LogP) is 0.212. The second-order valence-electron chi connectivity index (χ2n) is 4.49. The van der Waals surface area contributed by atoms with Gasteiger partial charge in [0.1, 0.15) is 5.82 Å². The van der Waals surface area contributed by atoms with Crippen LogP contribution in [0.1, 0.15) is 23.2 Å². The third-order valence-electron chi connectivity index (χ3n) is 3.31. The summed E-state index contributed by atoms with van der Waals surface area (Å²) in [6.07, 6.45) is 3.27. The molecule has 0 spiro atoms. The summed E-state index contributed by atoms with van der Waals surface area (Å²) in [4.78, 5) is 18.0. The Balaban J connectivity index is 2.03. The van der Waals surface area contributed by atoms with E-state index >= 15 is 0 Å². The lowest BCUT2D eigenvalue weighted by molar-refractivity contribution is 0.0651. The maximum Gasteiger partial charge on any atom is 0.254 e. The number of carbonyl (C=O) groups is 1. The molecule has 6 heteroatoms. The molecule has 0 saturated carbocycles. The van der Waals surface area contributed by atoms with Crippen molar-refractivity contribution in [2.24, 2.45) is 11.8 Å². The summed E-state index contributed by atoms with van der Waals surface area (Å²) in [5.41, 5.74) is 3.01. The molecule has 1 amide bonds. The molecule has 4 N–H and O–H groups in total. The zero-order valence-electron chi connectivity index (χ0n) is 10.2. The molecule has 18 heavy (non-hydrogen) atoms. The van der Waals surface area contributed by atoms with E-state index in [1.807, 2.05) is 4.90 Å². The van der Waals surface area contributed by atoms with Gasteiger partial charge < -0.3 is 15.4 Å². The summed E-state index contributed by atoms with van der Waals surface area (Å²) in [7, 11) is 0. The zero-order valence-corrected chi connectivity index (χ0v) is 10.2. The Morgan fingerprint density at radius 2 is 2.28 bits per heavy atom. The standard InChI is InChI=1S/C12H18N4O2/c13-15-11-7-10(1-4-14-11)12(18)16-5-2-9(8-17)3-6-16/h1,4,7,9,17H,2-3,5-6,8,13H2,(H,14,15). The van der Waals surface area contributed by atoms with Crippen LogP contribution in [0.2, 0.25) is 0 Å². The number of aliphatic hydroxyl groups excluding tert-OH is 1. The van der Waals surface area contributed by atoms with E-state index in [0.29, 0.717) is 30.4 Å². The first-order valence-electron chi connectivity index (χ1n) is 6.07. The van der Waals surface area contributed by atoms with Crippen LogP contribution in [0.3, 0.4) is 0 Å². The van der Waals surface area contributed by atoms with Crippen LogP contribution in [0.5, 0.6) is 0 Å². The molecule has 0 unspecified atom stereocenters. The van der Waals surface area contributed by atoms with Gasteiger partial charge in [0.05, 0.1) is 0 Å². The molecule has 1 aliphatic rings. The van der Waals surface area contributed by atoms with E-state index in [1.54, 1.807) is 18.3 Å². The van der Waals surface area contributed by atoms with Gasteiger partial charge in [-0.2, -0.15) is 0 Å². The van der Waals surface area contributed by atoms with Crippen LogP contribution in [0.15, 0.2) is 18.3 Å². The van der Waals surface area contributed by atoms with E-state index in [4.69, 9.17) is 10.9 Å². The number of aliphatic hydroxyl groups is 1. The Morgan fingerprint density at radius 1 is 1.56 bits per heavy atom. The summed E-state index contributed by atoms with van der Waals surface area (Å²) < 4.78 is 0. The Morgan fingerprint density at radius 3 is 2.89 bits per heavy atom. The van der Waals surface area contributed by atoms with Crippen molar-refractivity contribution in [2.75, 3.05) is 25.1 Å². The van der Waals surface area contributed by atoms with Crippen molar-refractivity contribution in [2.45, 2.75) is 12.8 Å². The molecule has 1 aromatic heterocycles. The number of carbonyl (C=O) groups excluding carboxylic acids is 1. The summed E-state index contributed by atoms with van der Waals surface area (Å²) in [5, 5.41) is 9.07. The molecule has 1 saturated heterocycles. The number of anilines is 1. The maximum absolute atomic E-state index is 12.2. The molecule has 0 bridgehead atoms. The molecule has 1 aromatic rings. The molecule has 98 valence electrons. The number of hydrogen-bond donors (Lipinski definition) is 3. The number of hydrogen-bond acceptors (Lipinski definition) is 5. The summed E-state index contributed by atoms with van der Waals surface area (Å²) >= 11 is 0. The minimum absolute atomic E-state index is 0.00899. The van der Waals surface area contributed by atoms with E-state index in [0.717, 1.165) is 12.8 Å². The van der Waals surface area contributed by atoms with E-state index in [1.165, 1.54) is 0 Å². The average Bonchev–Trinajstić information content (AvgIpc) is 2.46. The number of likely N-dealkylation sites (tertiary alicyclic amines) is 1. The number of nitrogens with one attached hydrogen (secondary N) is 1. The molecular formula is C12H18N4O2. The quantitative estimate of drug-likeness (QED) is 0.527. The molecule has 2 rings (SSSR count). The number of nitrogens with two attached hydrogens (primary N) is 1. The molecule has 0 atom stereocenters. The fourth-order valence-corrected chi connectivity index (χ4v) is 2.14. The SMILES string of the molecule is NNc1cc(C(=O)N2CCC(CO)CC2)ccn1. The number of hydrazine groups is 1. The summed E-state index contributed by atoms with van der Waals surface area (Å²) in [5.74, 6) is 6.06. The van der Waals surface area contributed by atoms with Gasteiger partial charge >= 0.3 is 0 Å². The molecule has 0 aromatic carbocycles. The van der Waals surface area contributed by atoms with E-state index in [2.05, 4.69) is 10.4 Å². The van der Waals surface area contributed by atoms with Crippen LogP contribution in [-0.4, -0.2) is 40.6 Å². The third-order valence-corrected chi connectivity index (χ3v) is 3.31. The number of rotatable bonds is 3. The largest absolute Gasteiger partial charge is 0.396 e. The number of nitrogens with zero attached hydrogens (tertiary/aromatic N) is 2. The minimum atomic E-state index is -0.00899. The number of piperidine rings is 1. The second-order valence-corrected chi connectivity index (χ2v) is 4.49. The Kier molecular flexibility index (Phi) is 4.11. The number of amides is 1. The second kappa shape index (κ2) is 5.79. The number of pyridine rings is 1.